The van der Waals surface area contributed by atoms with Crippen molar-refractivity contribution in [3.63, 3.8) is 0 Å². The minimum Gasteiger partial charge on any atom is -0.204 e. The van der Waals surface area contributed by atoms with Crippen molar-refractivity contribution in [2.24, 2.45) is 9.98 Å². The predicted molar refractivity (Wildman–Crippen MR) is 160 cm³/mol. The van der Waals surface area contributed by atoms with Gasteiger partial charge in [-0.3, -0.25) is 0 Å². The van der Waals surface area contributed by atoms with Crippen LogP contribution in [-0.2, 0) is 12.4 Å². The van der Waals surface area contributed by atoms with Crippen LogP contribution in [0.5, 0.6) is 0 Å². The lowest BCUT2D eigenvalue weighted by Crippen LogP contribution is -2.10. The number of fused-ring (bicyclic) bond motifs is 6. The second-order valence-electron chi connectivity index (χ2n) is 11.1. The van der Waals surface area contributed by atoms with E-state index in [2.05, 4.69) is 22.1 Å². The van der Waals surface area contributed by atoms with Gasteiger partial charge in [-0.25, -0.2) is 17.6 Å². The fourth-order valence-electron chi connectivity index (χ4n) is 6.12. The standard InChI is InChI=1S/C36H10F10N4/c37-29-9-17(7-27(31(29)39)35(41,42)43)15-1-3-19-21-11-22-20-4-2-16(18-8-28(36(44,45)46)32(40)30(38)10-18)6-24(20)34(50-14-48)26(22)12-25(21)33(49-13-47)23(19)5-15/h1,3,5-12H/b49-33-,50-34+. The van der Waals surface area contributed by atoms with Gasteiger partial charge in [-0.05, 0) is 76.0 Å². The first-order valence-electron chi connectivity index (χ1n) is 14.0. The van der Waals surface area contributed by atoms with Crippen LogP contribution in [0, 0.1) is 58.3 Å². The molecule has 0 amide bonds. The van der Waals surface area contributed by atoms with E-state index in [-0.39, 0.29) is 43.7 Å². The van der Waals surface area contributed by atoms with Crippen LogP contribution in [0.15, 0.2) is 70.6 Å². The van der Waals surface area contributed by atoms with Gasteiger partial charge in [-0.15, -0.1) is 0 Å². The molecule has 0 unspecified atom stereocenters. The Kier molecular flexibility index (Phi) is 7.09. The van der Waals surface area contributed by atoms with Gasteiger partial charge < -0.3 is 0 Å². The molecule has 0 fully saturated rings. The fourth-order valence-corrected chi connectivity index (χ4v) is 6.12. The Labute approximate surface area is 272 Å². The van der Waals surface area contributed by atoms with Crippen molar-refractivity contribution in [1.29, 1.82) is 10.5 Å². The summed E-state index contributed by atoms with van der Waals surface area (Å²) in [5.74, 6) is -7.59. The van der Waals surface area contributed by atoms with Gasteiger partial charge in [0.05, 0.1) is 21.8 Å². The summed E-state index contributed by atoms with van der Waals surface area (Å²) in [6.45, 7) is 0. The van der Waals surface area contributed by atoms with E-state index in [9.17, 15) is 54.4 Å². The third-order valence-electron chi connectivity index (χ3n) is 8.27. The number of nitriles is 2. The molecular weight excluding hydrogens is 678 g/mol. The van der Waals surface area contributed by atoms with Crippen molar-refractivity contribution in [3.05, 3.63) is 118 Å². The van der Waals surface area contributed by atoms with Crippen molar-refractivity contribution in [1.82, 2.24) is 0 Å². The monoisotopic (exact) mass is 688 g/mol. The predicted octanol–water partition coefficient (Wildman–Crippen LogP) is 9.47. The van der Waals surface area contributed by atoms with E-state index in [1.54, 1.807) is 18.5 Å². The third kappa shape index (κ3) is 4.94. The maximum absolute atomic E-state index is 14.3. The van der Waals surface area contributed by atoms with Crippen molar-refractivity contribution in [2.75, 3.05) is 0 Å². The lowest BCUT2D eigenvalue weighted by atomic mass is 9.99. The lowest BCUT2D eigenvalue weighted by Gasteiger charge is -2.11. The van der Waals surface area contributed by atoms with Crippen LogP contribution in [0.25, 0.3) is 65.3 Å². The number of rotatable bonds is 2. The fraction of sp³-hybridized carbons (Fsp3) is 0.0556. The average Bonchev–Trinajstić information content (AvgIpc) is 3.52. The first-order chi connectivity index (χ1) is 23.6. The van der Waals surface area contributed by atoms with E-state index < -0.39 is 46.7 Å². The molecule has 0 atom stereocenters. The van der Waals surface area contributed by atoms with Crippen LogP contribution < -0.4 is 10.7 Å². The summed E-state index contributed by atoms with van der Waals surface area (Å²) in [6, 6.07) is 16.2. The molecule has 7 aromatic carbocycles. The second-order valence-corrected chi connectivity index (χ2v) is 11.1. The average molecular weight is 688 g/mol. The van der Waals surface area contributed by atoms with Crippen LogP contribution in [0.3, 0.4) is 0 Å². The normalized spacial score (nSPS) is 13.0. The molecule has 244 valence electrons. The molecule has 0 saturated heterocycles. The van der Waals surface area contributed by atoms with Crippen molar-refractivity contribution in [2.45, 2.75) is 12.4 Å². The SMILES string of the molecule is N#C/N=c1\c2cc(-c3cc(F)c(F)c(C(F)(F)F)c3)c#cc2c2cc3c(cc12)/c(=N\C#N)c1cc(-c2cc(F)c(F)c(C(F)(F)F)c2)ccc13. The molecule has 14 heteroatoms. The van der Waals surface area contributed by atoms with Crippen LogP contribution in [0.2, 0.25) is 0 Å². The van der Waals surface area contributed by atoms with Gasteiger partial charge in [0.15, 0.2) is 23.3 Å². The summed E-state index contributed by atoms with van der Waals surface area (Å²) >= 11 is 0. The molecule has 0 aliphatic rings. The molecule has 0 heterocycles. The van der Waals surface area contributed by atoms with Crippen LogP contribution in [0.1, 0.15) is 11.1 Å². The minimum absolute atomic E-state index is 0.0276. The van der Waals surface area contributed by atoms with Gasteiger partial charge in [-0.1, -0.05) is 24.3 Å². The van der Waals surface area contributed by atoms with Gasteiger partial charge in [-0.2, -0.15) is 46.9 Å². The molecular formula is C36H10F10N4. The molecule has 0 bridgehead atoms. The Morgan fingerprint density at radius 2 is 1.02 bits per heavy atom. The van der Waals surface area contributed by atoms with E-state index >= 15 is 0 Å². The zero-order chi connectivity index (χ0) is 35.9. The molecule has 0 radical (unpaired) electrons. The van der Waals surface area contributed by atoms with Crippen LogP contribution >= 0.6 is 0 Å². The quantitative estimate of drug-likeness (QED) is 0.134. The molecule has 0 saturated carbocycles. The number of benzene rings is 4. The molecule has 4 nitrogen and oxygen atoms in total. The molecule has 0 spiro atoms. The molecule has 0 aromatic heterocycles. The van der Waals surface area contributed by atoms with Gasteiger partial charge in [0.25, 0.3) is 0 Å². The van der Waals surface area contributed by atoms with E-state index in [1.165, 1.54) is 30.3 Å². The largest absolute Gasteiger partial charge is 0.419 e. The van der Waals surface area contributed by atoms with Crippen LogP contribution in [-0.4, -0.2) is 0 Å². The smallest absolute Gasteiger partial charge is 0.204 e. The summed E-state index contributed by atoms with van der Waals surface area (Å²) in [5, 5.41) is 21.9. The zero-order valence-corrected chi connectivity index (χ0v) is 24.3. The molecule has 0 aliphatic heterocycles. The molecule has 7 aromatic rings. The highest BCUT2D eigenvalue weighted by atomic mass is 19.4. The van der Waals surface area contributed by atoms with Crippen molar-refractivity contribution < 1.29 is 43.9 Å². The Balaban J connectivity index is 1.49. The topological polar surface area (TPSA) is 72.3 Å². The number of alkyl halides is 6. The number of nitrogens with zero attached hydrogens (tertiary/aromatic N) is 4. The summed E-state index contributed by atoms with van der Waals surface area (Å²) in [4.78, 5) is 7.79. The Morgan fingerprint density at radius 1 is 0.500 bits per heavy atom. The molecule has 7 rings (SSSR count). The van der Waals surface area contributed by atoms with Gasteiger partial charge in [0, 0.05) is 37.9 Å². The summed E-state index contributed by atoms with van der Waals surface area (Å²) in [5.41, 5.74) is -4.36. The lowest BCUT2D eigenvalue weighted by molar-refractivity contribution is -0.141. The Hall–Kier alpha value is -6.46. The number of hydrogen-bond acceptors (Lipinski definition) is 4. The summed E-state index contributed by atoms with van der Waals surface area (Å²) < 4.78 is 137. The Bertz CT molecular complexity index is 2620. The first-order valence-corrected chi connectivity index (χ1v) is 14.0. The van der Waals surface area contributed by atoms with Crippen LogP contribution in [0.4, 0.5) is 43.9 Å². The highest BCUT2D eigenvalue weighted by Crippen LogP contribution is 2.39. The Morgan fingerprint density at radius 3 is 1.62 bits per heavy atom. The summed E-state index contributed by atoms with van der Waals surface area (Å²) in [7, 11) is 0. The molecule has 0 aliphatic carbocycles. The van der Waals surface area contributed by atoms with Crippen molar-refractivity contribution >= 4 is 43.1 Å². The van der Waals surface area contributed by atoms with Gasteiger partial charge in [0.1, 0.15) is 0 Å². The maximum atomic E-state index is 14.3. The summed E-state index contributed by atoms with van der Waals surface area (Å²) in [6.07, 6.45) is -7.07. The maximum Gasteiger partial charge on any atom is 0.419 e. The highest BCUT2D eigenvalue weighted by Gasteiger charge is 2.37. The van der Waals surface area contributed by atoms with Crippen molar-refractivity contribution in [3.8, 4) is 34.6 Å². The number of halogens is 10. The molecule has 0 N–H and O–H groups in total. The minimum atomic E-state index is -5.20. The van der Waals surface area contributed by atoms with Gasteiger partial charge >= 0.3 is 12.4 Å². The first kappa shape index (κ1) is 32.1. The zero-order valence-electron chi connectivity index (χ0n) is 24.3. The third-order valence-corrected chi connectivity index (χ3v) is 8.27. The highest BCUT2D eigenvalue weighted by molar-refractivity contribution is 6.21. The van der Waals surface area contributed by atoms with Gasteiger partial charge in [0.2, 0.25) is 12.4 Å². The molecule has 50 heavy (non-hydrogen) atoms. The number of hydrogen-bond donors (Lipinski definition) is 0. The van der Waals surface area contributed by atoms with E-state index in [0.29, 0.717) is 56.6 Å². The van der Waals surface area contributed by atoms with E-state index in [4.69, 9.17) is 0 Å². The second kappa shape index (κ2) is 11.0. The van der Waals surface area contributed by atoms with E-state index in [0.717, 1.165) is 0 Å². The van der Waals surface area contributed by atoms with E-state index in [1.807, 2.05) is 0 Å².